The van der Waals surface area contributed by atoms with Crippen molar-refractivity contribution in [2.45, 2.75) is 31.7 Å². The molecule has 116 valence electrons. The topological polar surface area (TPSA) is 87.3 Å². The summed E-state index contributed by atoms with van der Waals surface area (Å²) in [7, 11) is -3.23. The average molecular weight is 311 g/mol. The molecule has 0 spiro atoms. The molecule has 2 amide bonds. The standard InChI is InChI=1S/C14H21N3O3S/c1-21(19,20)17-13-6-4-11(5-7-13)3-2-10-15-14(18)16-12-8-9-12/h4-7,12,17H,2-3,8-10H2,1H3,(H2,15,16,18). The van der Waals surface area contributed by atoms with Crippen molar-refractivity contribution in [2.75, 3.05) is 17.5 Å². The number of amides is 2. The largest absolute Gasteiger partial charge is 0.338 e. The van der Waals surface area contributed by atoms with Crippen LogP contribution in [0.3, 0.4) is 0 Å². The van der Waals surface area contributed by atoms with E-state index in [9.17, 15) is 13.2 Å². The van der Waals surface area contributed by atoms with E-state index in [4.69, 9.17) is 0 Å². The quantitative estimate of drug-likeness (QED) is 0.666. The summed E-state index contributed by atoms with van der Waals surface area (Å²) in [5.41, 5.74) is 1.67. The Morgan fingerprint density at radius 1 is 1.24 bits per heavy atom. The molecule has 1 aromatic rings. The Morgan fingerprint density at radius 3 is 2.48 bits per heavy atom. The van der Waals surface area contributed by atoms with Gasteiger partial charge in [0.2, 0.25) is 10.0 Å². The Hall–Kier alpha value is -1.76. The number of aryl methyl sites for hydroxylation is 1. The van der Waals surface area contributed by atoms with Gasteiger partial charge in [0.25, 0.3) is 0 Å². The predicted octanol–water partition coefficient (Wildman–Crippen LogP) is 1.45. The number of sulfonamides is 1. The molecule has 1 aromatic carbocycles. The minimum atomic E-state index is -3.23. The Balaban J connectivity index is 1.67. The molecule has 0 unspecified atom stereocenters. The van der Waals surface area contributed by atoms with Crippen molar-refractivity contribution in [1.82, 2.24) is 10.6 Å². The molecule has 7 heteroatoms. The summed E-state index contributed by atoms with van der Waals surface area (Å²) in [6.45, 7) is 0.627. The van der Waals surface area contributed by atoms with E-state index in [1.165, 1.54) is 0 Å². The molecule has 0 aromatic heterocycles. The number of hydrogen-bond donors (Lipinski definition) is 3. The van der Waals surface area contributed by atoms with Crippen molar-refractivity contribution in [2.24, 2.45) is 0 Å². The molecule has 6 nitrogen and oxygen atoms in total. The lowest BCUT2D eigenvalue weighted by molar-refractivity contribution is 0.240. The van der Waals surface area contributed by atoms with E-state index in [2.05, 4.69) is 15.4 Å². The second-order valence-electron chi connectivity index (χ2n) is 5.35. The summed E-state index contributed by atoms with van der Waals surface area (Å²) in [5, 5.41) is 5.69. The van der Waals surface area contributed by atoms with Crippen LogP contribution in [0.2, 0.25) is 0 Å². The van der Waals surface area contributed by atoms with Crippen LogP contribution in [0.15, 0.2) is 24.3 Å². The molecular weight excluding hydrogens is 290 g/mol. The summed E-state index contributed by atoms with van der Waals surface area (Å²) < 4.78 is 24.6. The van der Waals surface area contributed by atoms with Gasteiger partial charge in [-0.25, -0.2) is 13.2 Å². The molecule has 1 aliphatic rings. The number of anilines is 1. The fourth-order valence-electron chi connectivity index (χ4n) is 1.91. The van der Waals surface area contributed by atoms with Crippen LogP contribution in [0, 0.1) is 0 Å². The number of urea groups is 1. The van der Waals surface area contributed by atoms with Gasteiger partial charge < -0.3 is 10.6 Å². The number of hydrogen-bond acceptors (Lipinski definition) is 3. The van der Waals surface area contributed by atoms with Gasteiger partial charge in [0.15, 0.2) is 0 Å². The van der Waals surface area contributed by atoms with E-state index in [1.54, 1.807) is 12.1 Å². The normalized spacial score (nSPS) is 14.5. The highest BCUT2D eigenvalue weighted by molar-refractivity contribution is 7.92. The van der Waals surface area contributed by atoms with Crippen LogP contribution >= 0.6 is 0 Å². The van der Waals surface area contributed by atoms with Crippen LogP contribution in [-0.2, 0) is 16.4 Å². The van der Waals surface area contributed by atoms with E-state index in [0.29, 0.717) is 18.3 Å². The minimum absolute atomic E-state index is 0.0924. The fourth-order valence-corrected chi connectivity index (χ4v) is 2.48. The first kappa shape index (κ1) is 15.6. The lowest BCUT2D eigenvalue weighted by Crippen LogP contribution is -2.37. The number of rotatable bonds is 7. The van der Waals surface area contributed by atoms with E-state index in [0.717, 1.165) is 37.5 Å². The van der Waals surface area contributed by atoms with E-state index in [1.807, 2.05) is 12.1 Å². The van der Waals surface area contributed by atoms with Gasteiger partial charge in [-0.15, -0.1) is 0 Å². The van der Waals surface area contributed by atoms with Crippen LogP contribution in [0.5, 0.6) is 0 Å². The van der Waals surface area contributed by atoms with Crippen LogP contribution in [0.1, 0.15) is 24.8 Å². The Morgan fingerprint density at radius 2 is 1.90 bits per heavy atom. The lowest BCUT2D eigenvalue weighted by atomic mass is 10.1. The molecule has 0 bridgehead atoms. The highest BCUT2D eigenvalue weighted by atomic mass is 32.2. The minimum Gasteiger partial charge on any atom is -0.338 e. The third kappa shape index (κ3) is 6.48. The highest BCUT2D eigenvalue weighted by Gasteiger charge is 2.22. The van der Waals surface area contributed by atoms with Crippen LogP contribution in [0.25, 0.3) is 0 Å². The summed E-state index contributed by atoms with van der Waals surface area (Å²) in [6, 6.07) is 7.54. The third-order valence-corrected chi connectivity index (χ3v) is 3.70. The molecule has 2 rings (SSSR count). The second-order valence-corrected chi connectivity index (χ2v) is 7.10. The van der Waals surface area contributed by atoms with Gasteiger partial charge in [0.05, 0.1) is 6.26 Å². The Kier molecular flexibility index (Phi) is 5.06. The van der Waals surface area contributed by atoms with Crippen molar-refractivity contribution in [3.05, 3.63) is 29.8 Å². The van der Waals surface area contributed by atoms with Crippen molar-refractivity contribution in [3.63, 3.8) is 0 Å². The smallest absolute Gasteiger partial charge is 0.315 e. The molecule has 1 saturated carbocycles. The maximum Gasteiger partial charge on any atom is 0.315 e. The average Bonchev–Trinajstić information content (AvgIpc) is 3.18. The predicted molar refractivity (Wildman–Crippen MR) is 82.8 cm³/mol. The highest BCUT2D eigenvalue weighted by Crippen LogP contribution is 2.18. The number of benzene rings is 1. The van der Waals surface area contributed by atoms with Crippen LogP contribution in [-0.4, -0.2) is 33.3 Å². The molecule has 0 atom stereocenters. The first-order chi connectivity index (χ1) is 9.92. The molecule has 1 fully saturated rings. The van der Waals surface area contributed by atoms with Gasteiger partial charge in [-0.05, 0) is 43.4 Å². The fraction of sp³-hybridized carbons (Fsp3) is 0.500. The molecular formula is C14H21N3O3S. The number of carbonyl (C=O) groups excluding carboxylic acids is 1. The number of carbonyl (C=O) groups is 1. The van der Waals surface area contributed by atoms with Crippen molar-refractivity contribution < 1.29 is 13.2 Å². The summed E-state index contributed by atoms with van der Waals surface area (Å²) in [6.07, 6.45) is 4.97. The van der Waals surface area contributed by atoms with E-state index >= 15 is 0 Å². The molecule has 21 heavy (non-hydrogen) atoms. The van der Waals surface area contributed by atoms with Gasteiger partial charge >= 0.3 is 6.03 Å². The van der Waals surface area contributed by atoms with Crippen molar-refractivity contribution in [1.29, 1.82) is 0 Å². The summed E-state index contributed by atoms with van der Waals surface area (Å²) in [5.74, 6) is 0. The van der Waals surface area contributed by atoms with E-state index < -0.39 is 10.0 Å². The van der Waals surface area contributed by atoms with Crippen LogP contribution < -0.4 is 15.4 Å². The molecule has 0 heterocycles. The zero-order valence-corrected chi connectivity index (χ0v) is 12.9. The second kappa shape index (κ2) is 6.80. The Bertz CT molecular complexity index is 580. The van der Waals surface area contributed by atoms with Gasteiger partial charge in [-0.3, -0.25) is 4.72 Å². The molecule has 0 saturated heterocycles. The lowest BCUT2D eigenvalue weighted by Gasteiger charge is -2.07. The first-order valence-corrected chi connectivity index (χ1v) is 8.92. The monoisotopic (exact) mass is 311 g/mol. The van der Waals surface area contributed by atoms with Gasteiger partial charge in [0, 0.05) is 18.3 Å². The van der Waals surface area contributed by atoms with E-state index in [-0.39, 0.29) is 6.03 Å². The zero-order chi connectivity index (χ0) is 15.3. The Labute approximate surface area is 125 Å². The maximum atomic E-state index is 11.4. The number of nitrogens with one attached hydrogen (secondary N) is 3. The van der Waals surface area contributed by atoms with Gasteiger partial charge in [0.1, 0.15) is 0 Å². The summed E-state index contributed by atoms with van der Waals surface area (Å²) >= 11 is 0. The van der Waals surface area contributed by atoms with Crippen molar-refractivity contribution >= 4 is 21.7 Å². The zero-order valence-electron chi connectivity index (χ0n) is 12.1. The summed E-state index contributed by atoms with van der Waals surface area (Å²) in [4.78, 5) is 11.4. The molecule has 0 aliphatic heterocycles. The molecule has 3 N–H and O–H groups in total. The van der Waals surface area contributed by atoms with Crippen LogP contribution in [0.4, 0.5) is 10.5 Å². The first-order valence-electron chi connectivity index (χ1n) is 7.03. The SMILES string of the molecule is CS(=O)(=O)Nc1ccc(CCCNC(=O)NC2CC2)cc1. The van der Waals surface area contributed by atoms with Crippen molar-refractivity contribution in [3.8, 4) is 0 Å². The molecule has 0 radical (unpaired) electrons. The maximum absolute atomic E-state index is 11.4. The van der Waals surface area contributed by atoms with Gasteiger partial charge in [-0.1, -0.05) is 12.1 Å². The van der Waals surface area contributed by atoms with Gasteiger partial charge in [-0.2, -0.15) is 0 Å². The third-order valence-electron chi connectivity index (χ3n) is 3.10. The molecule has 1 aliphatic carbocycles.